The average molecular weight is 182 g/mol. The minimum absolute atomic E-state index is 0.207. The van der Waals surface area contributed by atoms with Crippen molar-refractivity contribution in [3.63, 3.8) is 0 Å². The summed E-state index contributed by atoms with van der Waals surface area (Å²) in [7, 11) is 0. The largest absolute Gasteiger partial charge is 0.435 e. The Balaban J connectivity index is 2.73. The van der Waals surface area contributed by atoms with Crippen LogP contribution in [0.4, 0.5) is 0 Å². The second-order valence-electron chi connectivity index (χ2n) is 3.08. The Hall–Kier alpha value is -1.32. The number of hydrogen-bond donors (Lipinski definition) is 1. The lowest BCUT2D eigenvalue weighted by Gasteiger charge is -1.97. The van der Waals surface area contributed by atoms with Crippen molar-refractivity contribution in [2.24, 2.45) is 0 Å². The van der Waals surface area contributed by atoms with Gasteiger partial charge in [0.1, 0.15) is 0 Å². The smallest absolute Gasteiger partial charge is 0.288 e. The fraction of sp³-hybridized carbons (Fsp3) is 0.556. The van der Waals surface area contributed by atoms with Crippen molar-refractivity contribution in [1.82, 2.24) is 10.3 Å². The zero-order valence-electron chi connectivity index (χ0n) is 8.13. The number of amides is 1. The summed E-state index contributed by atoms with van der Waals surface area (Å²) >= 11 is 0. The molecule has 1 aromatic rings. The minimum Gasteiger partial charge on any atom is -0.435 e. The molecular weight excluding hydrogens is 168 g/mol. The van der Waals surface area contributed by atoms with E-state index in [1.165, 1.54) is 6.20 Å². The number of rotatable bonds is 3. The molecule has 13 heavy (non-hydrogen) atoms. The number of carbonyl (C=O) groups is 1. The van der Waals surface area contributed by atoms with Crippen molar-refractivity contribution in [3.05, 3.63) is 17.8 Å². The molecule has 1 heterocycles. The Morgan fingerprint density at radius 3 is 2.85 bits per heavy atom. The molecule has 0 atom stereocenters. The van der Waals surface area contributed by atoms with E-state index >= 15 is 0 Å². The van der Waals surface area contributed by atoms with Crippen LogP contribution in [-0.2, 0) is 0 Å². The van der Waals surface area contributed by atoms with Gasteiger partial charge in [0.25, 0.3) is 5.91 Å². The normalized spacial score (nSPS) is 10.5. The summed E-state index contributed by atoms with van der Waals surface area (Å²) in [6.45, 7) is 6.38. The molecule has 0 spiro atoms. The van der Waals surface area contributed by atoms with Crippen molar-refractivity contribution < 1.29 is 9.21 Å². The number of carbonyl (C=O) groups excluding carboxylic acids is 1. The molecule has 0 fully saturated rings. The number of nitrogens with one attached hydrogen (secondary N) is 1. The predicted octanol–water partition coefficient (Wildman–Crippen LogP) is 1.55. The van der Waals surface area contributed by atoms with Crippen LogP contribution in [0.2, 0.25) is 0 Å². The maximum absolute atomic E-state index is 11.2. The third-order valence-corrected chi connectivity index (χ3v) is 1.58. The van der Waals surface area contributed by atoms with Crippen LogP contribution in [0.5, 0.6) is 0 Å². The van der Waals surface area contributed by atoms with Gasteiger partial charge >= 0.3 is 0 Å². The first kappa shape index (κ1) is 9.77. The molecule has 0 radical (unpaired) electrons. The van der Waals surface area contributed by atoms with Gasteiger partial charge in [-0.25, -0.2) is 4.98 Å². The van der Waals surface area contributed by atoms with Gasteiger partial charge in [0, 0.05) is 12.5 Å². The molecule has 1 rings (SSSR count). The highest BCUT2D eigenvalue weighted by atomic mass is 16.4. The van der Waals surface area contributed by atoms with E-state index in [4.69, 9.17) is 4.42 Å². The summed E-state index contributed by atoms with van der Waals surface area (Å²) in [4.78, 5) is 15.2. The van der Waals surface area contributed by atoms with Gasteiger partial charge in [-0.2, -0.15) is 0 Å². The molecule has 0 saturated carbocycles. The topological polar surface area (TPSA) is 55.1 Å². The molecule has 1 amide bonds. The van der Waals surface area contributed by atoms with E-state index in [1.807, 2.05) is 20.8 Å². The second kappa shape index (κ2) is 4.07. The SMILES string of the molecule is CCNC(=O)c1cnc(C(C)C)o1. The highest BCUT2D eigenvalue weighted by Gasteiger charge is 2.12. The van der Waals surface area contributed by atoms with E-state index in [-0.39, 0.29) is 17.6 Å². The van der Waals surface area contributed by atoms with E-state index in [9.17, 15) is 4.79 Å². The second-order valence-corrected chi connectivity index (χ2v) is 3.08. The quantitative estimate of drug-likeness (QED) is 0.771. The first-order valence-corrected chi connectivity index (χ1v) is 4.39. The zero-order valence-corrected chi connectivity index (χ0v) is 8.13. The standard InChI is InChI=1S/C9H14N2O2/c1-4-10-8(12)7-5-11-9(13-7)6(2)3/h5-6H,4H2,1-3H3,(H,10,12). The van der Waals surface area contributed by atoms with Gasteiger partial charge in [-0.3, -0.25) is 4.79 Å². The maximum Gasteiger partial charge on any atom is 0.288 e. The van der Waals surface area contributed by atoms with Crippen molar-refractivity contribution in [2.45, 2.75) is 26.7 Å². The van der Waals surface area contributed by atoms with Crippen LogP contribution >= 0.6 is 0 Å². The third-order valence-electron chi connectivity index (χ3n) is 1.58. The van der Waals surface area contributed by atoms with Gasteiger partial charge < -0.3 is 9.73 Å². The fourth-order valence-electron chi connectivity index (χ4n) is 0.907. The predicted molar refractivity (Wildman–Crippen MR) is 48.6 cm³/mol. The van der Waals surface area contributed by atoms with Gasteiger partial charge in [0.2, 0.25) is 5.76 Å². The van der Waals surface area contributed by atoms with E-state index in [2.05, 4.69) is 10.3 Å². The first-order chi connectivity index (χ1) is 6.15. The molecule has 4 nitrogen and oxygen atoms in total. The molecule has 1 N–H and O–H groups in total. The molecule has 0 saturated heterocycles. The van der Waals surface area contributed by atoms with Gasteiger partial charge in [-0.15, -0.1) is 0 Å². The molecule has 4 heteroatoms. The lowest BCUT2D eigenvalue weighted by Crippen LogP contribution is -2.21. The summed E-state index contributed by atoms with van der Waals surface area (Å²) in [5.41, 5.74) is 0. The molecule has 0 aliphatic heterocycles. The molecular formula is C9H14N2O2. The third kappa shape index (κ3) is 2.31. The monoisotopic (exact) mass is 182 g/mol. The van der Waals surface area contributed by atoms with Crippen LogP contribution in [0.25, 0.3) is 0 Å². The number of nitrogens with zero attached hydrogens (tertiary/aromatic N) is 1. The summed E-state index contributed by atoms with van der Waals surface area (Å²) < 4.78 is 5.24. The molecule has 1 aromatic heterocycles. The van der Waals surface area contributed by atoms with E-state index < -0.39 is 0 Å². The molecule has 0 aliphatic rings. The van der Waals surface area contributed by atoms with Crippen molar-refractivity contribution in [3.8, 4) is 0 Å². The Labute approximate surface area is 77.3 Å². The summed E-state index contributed by atoms with van der Waals surface area (Å²) in [5.74, 6) is 0.886. The molecule has 0 bridgehead atoms. The molecule has 0 unspecified atom stereocenters. The van der Waals surface area contributed by atoms with E-state index in [0.717, 1.165) is 0 Å². The summed E-state index contributed by atoms with van der Waals surface area (Å²) in [6.07, 6.45) is 1.46. The maximum atomic E-state index is 11.2. The summed E-state index contributed by atoms with van der Waals surface area (Å²) in [5, 5.41) is 2.64. The van der Waals surface area contributed by atoms with Crippen LogP contribution in [0, 0.1) is 0 Å². The van der Waals surface area contributed by atoms with Crippen LogP contribution in [0.15, 0.2) is 10.6 Å². The van der Waals surface area contributed by atoms with E-state index in [1.54, 1.807) is 0 Å². The highest BCUT2D eigenvalue weighted by Crippen LogP contribution is 2.13. The lowest BCUT2D eigenvalue weighted by molar-refractivity contribution is 0.0926. The van der Waals surface area contributed by atoms with Crippen molar-refractivity contribution in [1.29, 1.82) is 0 Å². The Kier molecular flexibility index (Phi) is 3.06. The lowest BCUT2D eigenvalue weighted by atomic mass is 10.2. The van der Waals surface area contributed by atoms with Crippen LogP contribution < -0.4 is 5.32 Å². The van der Waals surface area contributed by atoms with Crippen LogP contribution in [-0.4, -0.2) is 17.4 Å². The minimum atomic E-state index is -0.207. The Bertz CT molecular complexity index is 292. The van der Waals surface area contributed by atoms with Crippen LogP contribution in [0.1, 0.15) is 43.1 Å². The van der Waals surface area contributed by atoms with Gasteiger partial charge in [0.05, 0.1) is 6.20 Å². The highest BCUT2D eigenvalue weighted by molar-refractivity contribution is 5.91. The molecule has 72 valence electrons. The van der Waals surface area contributed by atoms with Gasteiger partial charge in [0.15, 0.2) is 5.89 Å². The number of hydrogen-bond acceptors (Lipinski definition) is 3. The molecule has 0 aromatic carbocycles. The Morgan fingerprint density at radius 1 is 1.69 bits per heavy atom. The average Bonchev–Trinajstić information content (AvgIpc) is 2.52. The number of oxazole rings is 1. The van der Waals surface area contributed by atoms with Gasteiger partial charge in [-0.05, 0) is 6.92 Å². The van der Waals surface area contributed by atoms with Crippen molar-refractivity contribution in [2.75, 3.05) is 6.54 Å². The zero-order chi connectivity index (χ0) is 9.84. The molecule has 0 aliphatic carbocycles. The number of aromatic nitrogens is 1. The van der Waals surface area contributed by atoms with Crippen molar-refractivity contribution >= 4 is 5.91 Å². The van der Waals surface area contributed by atoms with Crippen LogP contribution in [0.3, 0.4) is 0 Å². The fourth-order valence-corrected chi connectivity index (χ4v) is 0.907. The summed E-state index contributed by atoms with van der Waals surface area (Å²) in [6, 6.07) is 0. The van der Waals surface area contributed by atoms with E-state index in [0.29, 0.717) is 12.4 Å². The Morgan fingerprint density at radius 2 is 2.38 bits per heavy atom. The van der Waals surface area contributed by atoms with Gasteiger partial charge in [-0.1, -0.05) is 13.8 Å². The first-order valence-electron chi connectivity index (χ1n) is 4.39.